The molecule has 0 N–H and O–H groups in total. The Kier molecular flexibility index (Phi) is 2.81. The molecule has 1 aromatic rings. The smallest absolute Gasteiger partial charge is 0.313 e. The van der Waals surface area contributed by atoms with Crippen molar-refractivity contribution < 1.29 is 19.1 Å². The van der Waals surface area contributed by atoms with Gasteiger partial charge in [0, 0.05) is 5.92 Å². The molecule has 3 aliphatic rings. The highest BCUT2D eigenvalue weighted by molar-refractivity contribution is 5.86. The Bertz CT molecular complexity index is 578. The summed E-state index contributed by atoms with van der Waals surface area (Å²) in [4.78, 5) is 24.1. The van der Waals surface area contributed by atoms with Crippen LogP contribution in [0.2, 0.25) is 0 Å². The molecule has 4 rings (SSSR count). The third-order valence-electron chi connectivity index (χ3n) is 5.12. The monoisotopic (exact) mass is 286 g/mol. The van der Waals surface area contributed by atoms with Gasteiger partial charge in [-0.25, -0.2) is 0 Å². The molecule has 0 radical (unpaired) electrons. The van der Waals surface area contributed by atoms with Crippen LogP contribution in [0.15, 0.2) is 30.3 Å². The zero-order valence-corrected chi connectivity index (χ0v) is 11.8. The molecule has 2 aliphatic carbocycles. The van der Waals surface area contributed by atoms with Crippen LogP contribution in [0.1, 0.15) is 31.2 Å². The van der Waals surface area contributed by atoms with Gasteiger partial charge in [0.05, 0.1) is 11.8 Å². The van der Waals surface area contributed by atoms with E-state index in [9.17, 15) is 9.59 Å². The quantitative estimate of drug-likeness (QED) is 0.798. The normalized spacial score (nSPS) is 33.8. The van der Waals surface area contributed by atoms with Crippen LogP contribution in [0.5, 0.6) is 0 Å². The molecule has 3 atom stereocenters. The number of carbonyl (C=O) groups is 2. The molecule has 0 aromatic heterocycles. The summed E-state index contributed by atoms with van der Waals surface area (Å²) in [6, 6.07) is 9.65. The van der Waals surface area contributed by atoms with Crippen LogP contribution in [-0.2, 0) is 25.7 Å². The van der Waals surface area contributed by atoms with E-state index in [1.54, 1.807) is 0 Å². The highest BCUT2D eigenvalue weighted by Crippen LogP contribution is 2.62. The predicted octanol–water partition coefficient (Wildman–Crippen LogP) is 2.46. The van der Waals surface area contributed by atoms with Crippen molar-refractivity contribution in [3.05, 3.63) is 35.9 Å². The van der Waals surface area contributed by atoms with Gasteiger partial charge in [-0.2, -0.15) is 0 Å². The minimum Gasteiger partial charge on any atom is -0.460 e. The Labute approximate surface area is 123 Å². The third-order valence-corrected chi connectivity index (χ3v) is 5.12. The van der Waals surface area contributed by atoms with Crippen molar-refractivity contribution in [3.8, 4) is 0 Å². The lowest BCUT2D eigenvalue weighted by molar-refractivity contribution is -0.224. The summed E-state index contributed by atoms with van der Waals surface area (Å²) in [6.07, 6.45) is 3.60. The molecule has 2 saturated carbocycles. The van der Waals surface area contributed by atoms with E-state index in [-0.39, 0.29) is 30.4 Å². The second-order valence-corrected chi connectivity index (χ2v) is 6.32. The lowest BCUT2D eigenvalue weighted by Crippen LogP contribution is -2.61. The first-order chi connectivity index (χ1) is 10.2. The summed E-state index contributed by atoms with van der Waals surface area (Å²) in [5.74, 6) is -0.298. The summed E-state index contributed by atoms with van der Waals surface area (Å²) < 4.78 is 11.0. The van der Waals surface area contributed by atoms with Gasteiger partial charge >= 0.3 is 11.9 Å². The van der Waals surface area contributed by atoms with E-state index in [1.807, 2.05) is 30.3 Å². The Morgan fingerprint density at radius 2 is 1.95 bits per heavy atom. The van der Waals surface area contributed by atoms with E-state index in [2.05, 4.69) is 0 Å². The van der Waals surface area contributed by atoms with Crippen LogP contribution in [0, 0.1) is 17.8 Å². The second kappa shape index (κ2) is 4.58. The van der Waals surface area contributed by atoms with Gasteiger partial charge in [-0.3, -0.25) is 9.59 Å². The fourth-order valence-corrected chi connectivity index (χ4v) is 3.98. The number of rotatable bonds is 4. The van der Waals surface area contributed by atoms with E-state index >= 15 is 0 Å². The topological polar surface area (TPSA) is 52.6 Å². The first-order valence-electron chi connectivity index (χ1n) is 7.65. The van der Waals surface area contributed by atoms with Crippen LogP contribution < -0.4 is 0 Å². The molecular formula is C17H18O4. The number of esters is 2. The fraction of sp³-hybridized carbons (Fsp3) is 0.529. The largest absolute Gasteiger partial charge is 0.460 e. The van der Waals surface area contributed by atoms with Crippen LogP contribution in [0.25, 0.3) is 0 Å². The van der Waals surface area contributed by atoms with Gasteiger partial charge in [0.2, 0.25) is 0 Å². The van der Waals surface area contributed by atoms with Crippen molar-refractivity contribution in [2.45, 2.75) is 37.9 Å². The maximum atomic E-state index is 12.4. The average molecular weight is 286 g/mol. The predicted molar refractivity (Wildman–Crippen MR) is 74.0 cm³/mol. The number of hydrogen-bond donors (Lipinski definition) is 0. The highest BCUT2D eigenvalue weighted by atomic mass is 16.6. The Balaban J connectivity index is 1.46. The van der Waals surface area contributed by atoms with Crippen molar-refractivity contribution >= 4 is 11.9 Å². The lowest BCUT2D eigenvalue weighted by Gasteiger charge is -2.46. The molecule has 4 nitrogen and oxygen atoms in total. The zero-order valence-electron chi connectivity index (χ0n) is 11.8. The molecule has 3 fully saturated rings. The number of ether oxygens (including phenoxy) is 2. The Morgan fingerprint density at radius 1 is 1.19 bits per heavy atom. The van der Waals surface area contributed by atoms with E-state index in [0.29, 0.717) is 12.3 Å². The van der Waals surface area contributed by atoms with Crippen molar-refractivity contribution in [2.24, 2.45) is 17.8 Å². The molecule has 1 saturated heterocycles. The molecule has 0 unspecified atom stereocenters. The van der Waals surface area contributed by atoms with Gasteiger partial charge in [0.1, 0.15) is 12.2 Å². The molecule has 4 heteroatoms. The molecule has 0 bridgehead atoms. The molecule has 110 valence electrons. The van der Waals surface area contributed by atoms with Gasteiger partial charge < -0.3 is 9.47 Å². The lowest BCUT2D eigenvalue weighted by atomic mass is 9.75. The first kappa shape index (κ1) is 12.9. The first-order valence-corrected chi connectivity index (χ1v) is 7.65. The zero-order chi connectivity index (χ0) is 14.4. The van der Waals surface area contributed by atoms with Crippen LogP contribution in [-0.4, -0.2) is 17.5 Å². The summed E-state index contributed by atoms with van der Waals surface area (Å²) >= 11 is 0. The molecule has 0 spiro atoms. The molecule has 1 aliphatic heterocycles. The van der Waals surface area contributed by atoms with E-state index in [4.69, 9.17) is 9.47 Å². The van der Waals surface area contributed by atoms with Crippen molar-refractivity contribution in [1.29, 1.82) is 0 Å². The van der Waals surface area contributed by atoms with Crippen molar-refractivity contribution in [3.63, 3.8) is 0 Å². The summed E-state index contributed by atoms with van der Waals surface area (Å²) in [5.41, 5.74) is 0.455. The maximum absolute atomic E-state index is 12.4. The summed E-state index contributed by atoms with van der Waals surface area (Å²) in [6.45, 7) is 0.287. The molecule has 1 heterocycles. The van der Waals surface area contributed by atoms with Gasteiger partial charge in [0.15, 0.2) is 0 Å². The summed E-state index contributed by atoms with van der Waals surface area (Å²) in [7, 11) is 0. The van der Waals surface area contributed by atoms with Gasteiger partial charge in [-0.1, -0.05) is 30.3 Å². The Morgan fingerprint density at radius 3 is 2.62 bits per heavy atom. The van der Waals surface area contributed by atoms with E-state index in [1.165, 1.54) is 0 Å². The van der Waals surface area contributed by atoms with Gasteiger partial charge in [-0.05, 0) is 31.2 Å². The third kappa shape index (κ3) is 1.88. The average Bonchev–Trinajstić information content (AvgIpc) is 3.29. The van der Waals surface area contributed by atoms with Crippen LogP contribution >= 0.6 is 0 Å². The van der Waals surface area contributed by atoms with Crippen molar-refractivity contribution in [2.75, 3.05) is 0 Å². The summed E-state index contributed by atoms with van der Waals surface area (Å²) in [5, 5.41) is 0. The second-order valence-electron chi connectivity index (χ2n) is 6.32. The van der Waals surface area contributed by atoms with Gasteiger partial charge in [-0.15, -0.1) is 0 Å². The van der Waals surface area contributed by atoms with E-state index in [0.717, 1.165) is 24.8 Å². The number of hydrogen-bond acceptors (Lipinski definition) is 4. The molecule has 21 heavy (non-hydrogen) atoms. The maximum Gasteiger partial charge on any atom is 0.313 e. The Hall–Kier alpha value is -1.84. The standard InChI is InChI=1S/C17H18O4/c18-15(20-10-11-4-2-1-3-5-11)13-8-9-14-16(19)21-17(13,14)12-6-7-12/h1-5,12-14H,6-10H2/t13-,14+,17+/m0/s1. The van der Waals surface area contributed by atoms with Gasteiger partial charge in [0.25, 0.3) is 0 Å². The minimum absolute atomic E-state index is 0.0701. The van der Waals surface area contributed by atoms with Crippen LogP contribution in [0.4, 0.5) is 0 Å². The number of benzene rings is 1. The number of carbonyl (C=O) groups excluding carboxylic acids is 2. The minimum atomic E-state index is -0.523. The number of fused-ring (bicyclic) bond motifs is 1. The SMILES string of the molecule is O=C1O[C@@]2(C3CC3)[C@@H]1CC[C@H]2C(=O)OCc1ccccc1. The molecular weight excluding hydrogens is 268 g/mol. The highest BCUT2D eigenvalue weighted by Gasteiger charge is 2.72. The molecule has 0 amide bonds. The van der Waals surface area contributed by atoms with E-state index < -0.39 is 5.60 Å². The van der Waals surface area contributed by atoms with Crippen LogP contribution in [0.3, 0.4) is 0 Å². The van der Waals surface area contributed by atoms with Crippen molar-refractivity contribution in [1.82, 2.24) is 0 Å². The fourth-order valence-electron chi connectivity index (χ4n) is 3.98. The molecule has 1 aromatic carbocycles.